The predicted octanol–water partition coefficient (Wildman–Crippen LogP) is 16.2. The maximum Gasteiger partial charge on any atom is 0.472 e. The molecule has 0 heterocycles. The van der Waals surface area contributed by atoms with E-state index in [1.807, 2.05) is 0 Å². The van der Waals surface area contributed by atoms with Crippen LogP contribution in [0.2, 0.25) is 0 Å². The molecule has 0 radical (unpaired) electrons. The monoisotopic (exact) mass is 1170 g/mol. The Kier molecular flexibility index (Phi) is 52.7. The number of carbonyl (C=O) groups is 4. The van der Waals surface area contributed by atoms with Gasteiger partial charge < -0.3 is 33.8 Å². The van der Waals surface area contributed by atoms with Gasteiger partial charge >= 0.3 is 39.5 Å². The second kappa shape index (κ2) is 54.0. The van der Waals surface area contributed by atoms with E-state index in [-0.39, 0.29) is 25.7 Å². The zero-order valence-corrected chi connectivity index (χ0v) is 52.3. The fourth-order valence-corrected chi connectivity index (χ4v) is 10.5. The molecular weight excluding hydrogens is 1050 g/mol. The Hall–Kier alpha value is -1.94. The summed E-state index contributed by atoms with van der Waals surface area (Å²) in [7, 11) is -9.87. The number of unbranched alkanes of at least 4 members (excludes halogenated alkanes) is 32. The molecule has 2 unspecified atom stereocenters. The van der Waals surface area contributed by atoms with Crippen molar-refractivity contribution in [1.29, 1.82) is 0 Å². The van der Waals surface area contributed by atoms with Crippen LogP contribution in [0.4, 0.5) is 0 Å². The van der Waals surface area contributed by atoms with Crippen molar-refractivity contribution >= 4 is 39.5 Å². The maximum absolute atomic E-state index is 12.9. The van der Waals surface area contributed by atoms with Gasteiger partial charge in [-0.2, -0.15) is 0 Å². The molecule has 19 heteroatoms. The molecule has 0 spiro atoms. The first-order valence-electron chi connectivity index (χ1n) is 31.6. The van der Waals surface area contributed by atoms with Gasteiger partial charge in [-0.25, -0.2) is 9.13 Å². The first-order chi connectivity index (χ1) is 38.0. The molecule has 0 aliphatic heterocycles. The van der Waals surface area contributed by atoms with Crippen molar-refractivity contribution in [2.24, 2.45) is 5.92 Å². The topological polar surface area (TPSA) is 237 Å². The minimum Gasteiger partial charge on any atom is -0.462 e. The first kappa shape index (κ1) is 77.1. The summed E-state index contributed by atoms with van der Waals surface area (Å²) >= 11 is 0. The van der Waals surface area contributed by atoms with Gasteiger partial charge in [-0.3, -0.25) is 37.3 Å². The van der Waals surface area contributed by atoms with Gasteiger partial charge in [0.1, 0.15) is 19.3 Å². The Balaban J connectivity index is 5.21. The second-order valence-electron chi connectivity index (χ2n) is 22.2. The molecule has 0 aromatic rings. The van der Waals surface area contributed by atoms with Gasteiger partial charge in [0, 0.05) is 25.7 Å². The summed E-state index contributed by atoms with van der Waals surface area (Å²) < 4.78 is 67.7. The molecule has 0 bridgehead atoms. The third-order valence-electron chi connectivity index (χ3n) is 13.8. The van der Waals surface area contributed by atoms with Crippen LogP contribution in [0, 0.1) is 5.92 Å². The quantitative estimate of drug-likeness (QED) is 0.0222. The number of aliphatic hydroxyl groups is 1. The number of hydrogen-bond acceptors (Lipinski definition) is 15. The molecule has 0 amide bonds. The van der Waals surface area contributed by atoms with E-state index in [1.165, 1.54) is 109 Å². The van der Waals surface area contributed by atoms with Crippen LogP contribution in [-0.4, -0.2) is 96.7 Å². The fourth-order valence-electron chi connectivity index (χ4n) is 8.88. The minimum atomic E-state index is -4.94. The summed E-state index contributed by atoms with van der Waals surface area (Å²) in [4.78, 5) is 71.8. The fraction of sp³-hybridized carbons (Fsp3) is 0.933. The van der Waals surface area contributed by atoms with Crippen LogP contribution >= 0.6 is 15.6 Å². The molecule has 468 valence electrons. The lowest BCUT2D eigenvalue weighted by Gasteiger charge is -2.21. The van der Waals surface area contributed by atoms with Crippen molar-refractivity contribution in [2.45, 2.75) is 316 Å². The van der Waals surface area contributed by atoms with E-state index < -0.39 is 97.5 Å². The number of aliphatic hydroxyl groups excluding tert-OH is 1. The standard InChI is InChI=1S/C60H116O17P2/c1-6-9-12-15-18-20-25-29-34-39-44-58(63)71-50-56(77-60(65)46-41-36-31-26-22-21-24-28-32-37-42-53(4)5)52-75-79(68,69)73-48-54(61)47-72-78(66,67)74-51-55(49-70-57(62)43-38-33-27-17-14-11-8-3)76-59(64)45-40-35-30-23-19-16-13-10-7-2/h53-56,61H,6-52H2,1-5H3,(H,66,67)(H,68,69)/t54-,55+,56+/m0/s1. The van der Waals surface area contributed by atoms with Crippen molar-refractivity contribution in [3.8, 4) is 0 Å². The molecule has 5 atom stereocenters. The van der Waals surface area contributed by atoms with Gasteiger partial charge in [-0.05, 0) is 31.6 Å². The lowest BCUT2D eigenvalue weighted by atomic mass is 10.0. The van der Waals surface area contributed by atoms with Crippen LogP contribution < -0.4 is 0 Å². The summed E-state index contributed by atoms with van der Waals surface area (Å²) in [5, 5.41) is 10.5. The Morgan fingerprint density at radius 1 is 0.342 bits per heavy atom. The second-order valence-corrected chi connectivity index (χ2v) is 25.1. The Bertz CT molecular complexity index is 1550. The van der Waals surface area contributed by atoms with E-state index in [9.17, 15) is 43.2 Å². The van der Waals surface area contributed by atoms with Gasteiger partial charge in [0.25, 0.3) is 0 Å². The van der Waals surface area contributed by atoms with Crippen LogP contribution in [0.3, 0.4) is 0 Å². The van der Waals surface area contributed by atoms with Gasteiger partial charge in [-0.1, -0.05) is 247 Å². The largest absolute Gasteiger partial charge is 0.472 e. The summed E-state index contributed by atoms with van der Waals surface area (Å²) in [6, 6.07) is 0. The number of ether oxygens (including phenoxy) is 4. The third kappa shape index (κ3) is 55.0. The molecule has 0 aromatic heterocycles. The molecule has 0 saturated heterocycles. The summed E-state index contributed by atoms with van der Waals surface area (Å²) in [6.45, 7) is 7.09. The Morgan fingerprint density at radius 2 is 0.582 bits per heavy atom. The zero-order valence-electron chi connectivity index (χ0n) is 50.5. The molecule has 0 fully saturated rings. The van der Waals surface area contributed by atoms with E-state index in [4.69, 9.17) is 37.0 Å². The summed E-state index contributed by atoms with van der Waals surface area (Å²) in [5.41, 5.74) is 0. The number of rotatable bonds is 60. The van der Waals surface area contributed by atoms with Crippen LogP contribution in [-0.2, 0) is 65.4 Å². The minimum absolute atomic E-state index is 0.105. The molecule has 0 aliphatic rings. The number of phosphoric acid groups is 2. The molecule has 0 aliphatic carbocycles. The van der Waals surface area contributed by atoms with Crippen molar-refractivity contribution in [2.75, 3.05) is 39.6 Å². The van der Waals surface area contributed by atoms with E-state index >= 15 is 0 Å². The highest BCUT2D eigenvalue weighted by Gasteiger charge is 2.30. The Morgan fingerprint density at radius 3 is 0.861 bits per heavy atom. The first-order valence-corrected chi connectivity index (χ1v) is 34.6. The third-order valence-corrected chi connectivity index (χ3v) is 15.7. The SMILES string of the molecule is CCCCCCCCCCCCC(=O)OC[C@H](COP(=O)(O)OC[C@@H](O)COP(=O)(O)OC[C@@H](COC(=O)CCCCCCCCC)OC(=O)CCCCCCCCCCC)OC(=O)CCCCCCCCCCCCC(C)C. The summed E-state index contributed by atoms with van der Waals surface area (Å²) in [5.74, 6) is -1.39. The molecule has 17 nitrogen and oxygen atoms in total. The normalized spacial score (nSPS) is 14.3. The van der Waals surface area contributed by atoms with Gasteiger partial charge in [0.15, 0.2) is 12.2 Å². The average Bonchev–Trinajstić information content (AvgIpc) is 3.41. The highest BCUT2D eigenvalue weighted by atomic mass is 31.2. The molecule has 0 rings (SSSR count). The van der Waals surface area contributed by atoms with Gasteiger partial charge in [0.05, 0.1) is 26.4 Å². The molecule has 0 saturated carbocycles. The number of phosphoric ester groups is 2. The molecule has 79 heavy (non-hydrogen) atoms. The van der Waals surface area contributed by atoms with Crippen LogP contribution in [0.1, 0.15) is 298 Å². The maximum atomic E-state index is 12.9. The number of carbonyl (C=O) groups excluding carboxylic acids is 4. The van der Waals surface area contributed by atoms with Crippen molar-refractivity contribution < 1.29 is 80.2 Å². The number of hydrogen-bond donors (Lipinski definition) is 3. The van der Waals surface area contributed by atoms with Crippen LogP contribution in [0.25, 0.3) is 0 Å². The lowest BCUT2D eigenvalue weighted by molar-refractivity contribution is -0.161. The van der Waals surface area contributed by atoms with Crippen molar-refractivity contribution in [3.05, 3.63) is 0 Å². The van der Waals surface area contributed by atoms with E-state index in [2.05, 4.69) is 34.6 Å². The number of esters is 4. The average molecular weight is 1170 g/mol. The van der Waals surface area contributed by atoms with Gasteiger partial charge in [-0.15, -0.1) is 0 Å². The predicted molar refractivity (Wildman–Crippen MR) is 312 cm³/mol. The van der Waals surface area contributed by atoms with E-state index in [0.29, 0.717) is 25.7 Å². The highest BCUT2D eigenvalue weighted by Crippen LogP contribution is 2.45. The van der Waals surface area contributed by atoms with Crippen molar-refractivity contribution in [1.82, 2.24) is 0 Å². The Labute approximate surface area is 479 Å². The van der Waals surface area contributed by atoms with Crippen LogP contribution in [0.5, 0.6) is 0 Å². The van der Waals surface area contributed by atoms with Crippen molar-refractivity contribution in [3.63, 3.8) is 0 Å². The zero-order chi connectivity index (χ0) is 58.5. The van der Waals surface area contributed by atoms with Gasteiger partial charge in [0.2, 0.25) is 0 Å². The molecule has 3 N–H and O–H groups in total. The highest BCUT2D eigenvalue weighted by molar-refractivity contribution is 7.47. The van der Waals surface area contributed by atoms with Crippen LogP contribution in [0.15, 0.2) is 0 Å². The molecule has 0 aromatic carbocycles. The lowest BCUT2D eigenvalue weighted by Crippen LogP contribution is -2.30. The molecular formula is C60H116O17P2. The smallest absolute Gasteiger partial charge is 0.462 e. The van der Waals surface area contributed by atoms with E-state index in [1.54, 1.807) is 0 Å². The summed E-state index contributed by atoms with van der Waals surface area (Å²) in [6.07, 6.45) is 36.3. The van der Waals surface area contributed by atoms with E-state index in [0.717, 1.165) is 109 Å².